The first-order valence-corrected chi connectivity index (χ1v) is 9.21. The van der Waals surface area contributed by atoms with Gasteiger partial charge in [-0.15, -0.1) is 0 Å². The number of benzene rings is 1. The average molecular weight is 391 g/mol. The Hall–Kier alpha value is -2.61. The quantitative estimate of drug-likeness (QED) is 0.796. The molecule has 1 saturated heterocycles. The Labute approximate surface area is 165 Å². The fourth-order valence-corrected chi connectivity index (χ4v) is 2.87. The molecule has 1 heterocycles. The molecule has 154 valence electrons. The molecule has 2 rings (SSSR count). The van der Waals surface area contributed by atoms with Gasteiger partial charge in [0.05, 0.1) is 11.6 Å². The number of carbonyl (C=O) groups excluding carboxylic acids is 3. The first-order chi connectivity index (χ1) is 12.9. The largest absolute Gasteiger partial charge is 0.447 e. The third-order valence-corrected chi connectivity index (χ3v) is 4.38. The molecule has 2 atom stereocenters. The zero-order valence-corrected chi connectivity index (χ0v) is 17.0. The van der Waals surface area contributed by atoms with E-state index in [2.05, 4.69) is 5.32 Å². The molecule has 1 fully saturated rings. The van der Waals surface area contributed by atoms with Gasteiger partial charge in [0.25, 0.3) is 5.91 Å². The SMILES string of the molecule is CC(C)(C)OC(=O)NC(C)(C)C(N)C(=O)N1C(=O)OCC1Cc1ccccc1. The number of rotatable bonds is 5. The van der Waals surface area contributed by atoms with Crippen LogP contribution >= 0.6 is 0 Å². The molecule has 0 saturated carbocycles. The molecule has 1 aromatic carbocycles. The Bertz CT molecular complexity index is 727. The highest BCUT2D eigenvalue weighted by atomic mass is 16.6. The minimum atomic E-state index is -1.16. The van der Waals surface area contributed by atoms with Gasteiger partial charge in [-0.1, -0.05) is 30.3 Å². The van der Waals surface area contributed by atoms with Crippen molar-refractivity contribution in [3.63, 3.8) is 0 Å². The minimum absolute atomic E-state index is 0.103. The number of nitrogens with two attached hydrogens (primary N) is 1. The second-order valence-corrected chi connectivity index (χ2v) is 8.45. The van der Waals surface area contributed by atoms with E-state index in [9.17, 15) is 14.4 Å². The van der Waals surface area contributed by atoms with Gasteiger partial charge in [0.1, 0.15) is 18.2 Å². The molecular formula is C20H29N3O5. The number of ether oxygens (including phenoxy) is 2. The summed E-state index contributed by atoms with van der Waals surface area (Å²) in [4.78, 5) is 38.3. The van der Waals surface area contributed by atoms with Gasteiger partial charge in [-0.2, -0.15) is 0 Å². The molecule has 8 nitrogen and oxygen atoms in total. The molecule has 1 aliphatic rings. The highest BCUT2D eigenvalue weighted by Gasteiger charge is 2.44. The van der Waals surface area contributed by atoms with Crippen molar-refractivity contribution in [2.75, 3.05) is 6.61 Å². The van der Waals surface area contributed by atoms with Crippen molar-refractivity contribution >= 4 is 18.1 Å². The number of nitrogens with zero attached hydrogens (tertiary/aromatic N) is 1. The molecule has 2 unspecified atom stereocenters. The molecule has 0 aliphatic carbocycles. The van der Waals surface area contributed by atoms with Gasteiger partial charge in [-0.25, -0.2) is 14.5 Å². The zero-order valence-electron chi connectivity index (χ0n) is 17.0. The molecule has 0 aromatic heterocycles. The van der Waals surface area contributed by atoms with E-state index in [1.807, 2.05) is 30.3 Å². The van der Waals surface area contributed by atoms with E-state index < -0.39 is 41.3 Å². The van der Waals surface area contributed by atoms with E-state index >= 15 is 0 Å². The maximum atomic E-state index is 13.0. The minimum Gasteiger partial charge on any atom is -0.447 e. The van der Waals surface area contributed by atoms with Crippen molar-refractivity contribution in [3.8, 4) is 0 Å². The third kappa shape index (κ3) is 5.45. The topological polar surface area (TPSA) is 111 Å². The highest BCUT2D eigenvalue weighted by molar-refractivity contribution is 5.97. The lowest BCUT2D eigenvalue weighted by molar-refractivity contribution is -0.132. The lowest BCUT2D eigenvalue weighted by Crippen LogP contribution is -2.63. The Morgan fingerprint density at radius 3 is 2.43 bits per heavy atom. The second kappa shape index (κ2) is 8.18. The first kappa shape index (κ1) is 21.7. The van der Waals surface area contributed by atoms with E-state index in [0.717, 1.165) is 10.5 Å². The van der Waals surface area contributed by atoms with Crippen LogP contribution in [0.15, 0.2) is 30.3 Å². The summed E-state index contributed by atoms with van der Waals surface area (Å²) in [6.45, 7) is 8.52. The summed E-state index contributed by atoms with van der Waals surface area (Å²) in [7, 11) is 0. The number of hydrogen-bond donors (Lipinski definition) is 2. The van der Waals surface area contributed by atoms with Gasteiger partial charge >= 0.3 is 12.2 Å². The van der Waals surface area contributed by atoms with Crippen molar-refractivity contribution < 1.29 is 23.9 Å². The van der Waals surface area contributed by atoms with Gasteiger partial charge in [0.15, 0.2) is 0 Å². The van der Waals surface area contributed by atoms with E-state index in [0.29, 0.717) is 6.42 Å². The van der Waals surface area contributed by atoms with Crippen LogP contribution in [-0.4, -0.2) is 52.8 Å². The van der Waals surface area contributed by atoms with Crippen molar-refractivity contribution in [2.45, 2.75) is 64.3 Å². The summed E-state index contributed by atoms with van der Waals surface area (Å²) >= 11 is 0. The summed E-state index contributed by atoms with van der Waals surface area (Å²) in [5, 5.41) is 2.61. The number of nitrogens with one attached hydrogen (secondary N) is 1. The van der Waals surface area contributed by atoms with E-state index in [4.69, 9.17) is 15.2 Å². The standard InChI is InChI=1S/C20H29N3O5/c1-19(2,3)28-17(25)22-20(4,5)15(21)16(24)23-14(12-27-18(23)26)11-13-9-7-6-8-10-13/h6-10,14-15H,11-12,21H2,1-5H3,(H,22,25). The monoisotopic (exact) mass is 391 g/mol. The molecule has 8 heteroatoms. The fourth-order valence-electron chi connectivity index (χ4n) is 2.87. The van der Waals surface area contributed by atoms with Gasteiger partial charge in [-0.05, 0) is 46.6 Å². The number of carbonyl (C=O) groups is 3. The van der Waals surface area contributed by atoms with Crippen LogP contribution in [-0.2, 0) is 20.7 Å². The van der Waals surface area contributed by atoms with Gasteiger partial charge in [-0.3, -0.25) is 4.79 Å². The van der Waals surface area contributed by atoms with Gasteiger partial charge < -0.3 is 20.5 Å². The molecule has 3 N–H and O–H groups in total. The molecule has 1 aliphatic heterocycles. The van der Waals surface area contributed by atoms with Crippen molar-refractivity contribution in [3.05, 3.63) is 35.9 Å². The number of cyclic esters (lactones) is 1. The molecule has 0 radical (unpaired) electrons. The average Bonchev–Trinajstić information content (AvgIpc) is 2.92. The number of alkyl carbamates (subject to hydrolysis) is 1. The molecular weight excluding hydrogens is 362 g/mol. The maximum Gasteiger partial charge on any atom is 0.417 e. The molecule has 0 spiro atoms. The zero-order chi connectivity index (χ0) is 21.1. The van der Waals surface area contributed by atoms with Crippen LogP contribution < -0.4 is 11.1 Å². The number of amides is 3. The van der Waals surface area contributed by atoms with Gasteiger partial charge in [0.2, 0.25) is 0 Å². The predicted octanol–water partition coefficient (Wildman–Crippen LogP) is 2.21. The van der Waals surface area contributed by atoms with Gasteiger partial charge in [0, 0.05) is 0 Å². The van der Waals surface area contributed by atoms with Crippen LogP contribution in [0.2, 0.25) is 0 Å². The molecule has 1 aromatic rings. The number of imide groups is 1. The van der Waals surface area contributed by atoms with Crippen LogP contribution in [0.1, 0.15) is 40.2 Å². The normalized spacial score (nSPS) is 18.4. The smallest absolute Gasteiger partial charge is 0.417 e. The number of hydrogen-bond acceptors (Lipinski definition) is 6. The lowest BCUT2D eigenvalue weighted by Gasteiger charge is -2.34. The Balaban J connectivity index is 2.10. The predicted molar refractivity (Wildman–Crippen MR) is 104 cm³/mol. The maximum absolute atomic E-state index is 13.0. The Kier molecular flexibility index (Phi) is 6.34. The van der Waals surface area contributed by atoms with Crippen LogP contribution in [0.25, 0.3) is 0 Å². The highest BCUT2D eigenvalue weighted by Crippen LogP contribution is 2.21. The van der Waals surface area contributed by atoms with Crippen molar-refractivity contribution in [1.82, 2.24) is 10.2 Å². The van der Waals surface area contributed by atoms with E-state index in [1.165, 1.54) is 0 Å². The third-order valence-electron chi connectivity index (χ3n) is 4.38. The fraction of sp³-hybridized carbons (Fsp3) is 0.550. The Morgan fingerprint density at radius 2 is 1.86 bits per heavy atom. The summed E-state index contributed by atoms with van der Waals surface area (Å²) in [5.74, 6) is -0.607. The Morgan fingerprint density at radius 1 is 1.25 bits per heavy atom. The van der Waals surface area contributed by atoms with Crippen LogP contribution in [0, 0.1) is 0 Å². The van der Waals surface area contributed by atoms with E-state index in [1.54, 1.807) is 34.6 Å². The summed E-state index contributed by atoms with van der Waals surface area (Å²) < 4.78 is 10.3. The summed E-state index contributed by atoms with van der Waals surface area (Å²) in [6, 6.07) is 7.88. The van der Waals surface area contributed by atoms with Crippen LogP contribution in [0.5, 0.6) is 0 Å². The molecule has 3 amide bonds. The summed E-state index contributed by atoms with van der Waals surface area (Å²) in [5.41, 5.74) is 5.28. The summed E-state index contributed by atoms with van der Waals surface area (Å²) in [6.07, 6.45) is -0.953. The van der Waals surface area contributed by atoms with Crippen LogP contribution in [0.4, 0.5) is 9.59 Å². The van der Waals surface area contributed by atoms with E-state index in [-0.39, 0.29) is 6.61 Å². The first-order valence-electron chi connectivity index (χ1n) is 9.21. The van der Waals surface area contributed by atoms with Crippen molar-refractivity contribution in [1.29, 1.82) is 0 Å². The molecule has 0 bridgehead atoms. The molecule has 28 heavy (non-hydrogen) atoms. The van der Waals surface area contributed by atoms with Crippen LogP contribution in [0.3, 0.4) is 0 Å². The lowest BCUT2D eigenvalue weighted by atomic mass is 9.93. The van der Waals surface area contributed by atoms with Crippen molar-refractivity contribution in [2.24, 2.45) is 5.73 Å². The second-order valence-electron chi connectivity index (χ2n) is 8.45.